The number of hydrogen-bond donors (Lipinski definition) is 1. The molecule has 6 fully saturated rings. The predicted octanol–water partition coefficient (Wildman–Crippen LogP) is 6.71. The van der Waals surface area contributed by atoms with Crippen LogP contribution in [0.3, 0.4) is 0 Å². The maximum atomic E-state index is 14.3. The number of fused-ring (bicyclic) bond motifs is 1. The molecule has 1 aromatic heterocycles. The van der Waals surface area contributed by atoms with Crippen LogP contribution in [0.4, 0.5) is 10.2 Å². The molecule has 3 heterocycles. The molecule has 5 saturated carbocycles. The number of pyridine rings is 1. The van der Waals surface area contributed by atoms with E-state index in [2.05, 4.69) is 17.2 Å². The van der Waals surface area contributed by atoms with Crippen LogP contribution in [0.5, 0.6) is 0 Å². The maximum absolute atomic E-state index is 14.3. The van der Waals surface area contributed by atoms with E-state index in [0.29, 0.717) is 29.5 Å². The number of nitrogens with zero attached hydrogens (tertiary/aromatic N) is 2. The van der Waals surface area contributed by atoms with Crippen LogP contribution in [0, 0.1) is 40.3 Å². The van der Waals surface area contributed by atoms with E-state index < -0.39 is 5.82 Å². The lowest BCUT2D eigenvalue weighted by Crippen LogP contribution is -2.50. The number of nitrogens with one attached hydrogen (secondary N) is 1. The molecule has 8 rings (SSSR count). The smallest absolute Gasteiger partial charge is 0.231 e. The highest BCUT2D eigenvalue weighted by Gasteiger charge is 2.61. The van der Waals surface area contributed by atoms with E-state index >= 15 is 0 Å². The van der Waals surface area contributed by atoms with Crippen LogP contribution < -0.4 is 10.2 Å². The van der Waals surface area contributed by atoms with Crippen molar-refractivity contribution in [2.45, 2.75) is 115 Å². The molecule has 42 heavy (non-hydrogen) atoms. The summed E-state index contributed by atoms with van der Waals surface area (Å²) in [4.78, 5) is 46.7. The number of halogens is 1. The first-order valence-electron chi connectivity index (χ1n) is 16.6. The van der Waals surface area contributed by atoms with Crippen molar-refractivity contribution in [3.05, 3.63) is 23.6 Å². The summed E-state index contributed by atoms with van der Waals surface area (Å²) in [6, 6.07) is 1.42. The SMILES string of the molecule is CC12CC3CC1CC(CCC(=O)NC1CCC(C4CCC(=O)c5cc(F)cnc5N(C5CCSCC5)C4=O)CC1)(C3)C2. The van der Waals surface area contributed by atoms with Gasteiger partial charge in [-0.05, 0) is 130 Å². The fraction of sp³-hybridized carbons (Fsp3) is 0.765. The zero-order chi connectivity index (χ0) is 29.1. The first-order valence-corrected chi connectivity index (χ1v) is 17.8. The summed E-state index contributed by atoms with van der Waals surface area (Å²) in [7, 11) is 0. The molecule has 1 aromatic rings. The monoisotopic (exact) mass is 595 g/mol. The number of hydrogen-bond acceptors (Lipinski definition) is 5. The molecule has 2 aliphatic heterocycles. The first kappa shape index (κ1) is 28.8. The van der Waals surface area contributed by atoms with Crippen molar-refractivity contribution in [2.75, 3.05) is 16.4 Å². The number of carbonyl (C=O) groups excluding carboxylic acids is 3. The number of aromatic nitrogens is 1. The van der Waals surface area contributed by atoms with Crippen molar-refractivity contribution < 1.29 is 18.8 Å². The Labute approximate surface area is 253 Å². The Morgan fingerprint density at radius 3 is 2.62 bits per heavy atom. The van der Waals surface area contributed by atoms with E-state index in [1.165, 1.54) is 38.2 Å². The van der Waals surface area contributed by atoms with Gasteiger partial charge in [0.15, 0.2) is 5.78 Å². The standard InChI is InChI=1S/C34H46FN3O3S/c1-33-16-21-14-23(33)18-34(17-21,20-33)11-8-30(40)37-25-4-2-22(3-5-25)27-6-7-29(39)28-15-24(35)19-36-31(28)38(32(27)41)26-9-12-42-13-10-26/h15,19,21-23,25-27H,2-14,16-18,20H2,1H3,(H,37,40). The van der Waals surface area contributed by atoms with Gasteiger partial charge in [0, 0.05) is 30.8 Å². The lowest BCUT2D eigenvalue weighted by Gasteiger charge is -2.41. The summed E-state index contributed by atoms with van der Waals surface area (Å²) >= 11 is 1.89. The molecule has 5 aliphatic carbocycles. The van der Waals surface area contributed by atoms with Crippen LogP contribution in [0.25, 0.3) is 0 Å². The quantitative estimate of drug-likeness (QED) is 0.395. The van der Waals surface area contributed by atoms with E-state index in [1.54, 1.807) is 4.90 Å². The Morgan fingerprint density at radius 1 is 1.10 bits per heavy atom. The van der Waals surface area contributed by atoms with Crippen LogP contribution in [0.1, 0.15) is 114 Å². The highest BCUT2D eigenvalue weighted by Crippen LogP contribution is 2.71. The first-order chi connectivity index (χ1) is 20.2. The zero-order valence-electron chi connectivity index (χ0n) is 25.0. The van der Waals surface area contributed by atoms with Gasteiger partial charge < -0.3 is 5.32 Å². The molecular formula is C34H46FN3O3S. The molecule has 6 nitrogen and oxygen atoms in total. The molecule has 5 unspecified atom stereocenters. The molecule has 1 saturated heterocycles. The number of carbonyl (C=O) groups is 3. The van der Waals surface area contributed by atoms with Crippen LogP contribution in [0.2, 0.25) is 0 Å². The Bertz CT molecular complexity index is 1240. The molecule has 1 N–H and O–H groups in total. The normalized spacial score (nSPS) is 38.3. The Hall–Kier alpha value is -1.96. The van der Waals surface area contributed by atoms with Crippen LogP contribution in [0.15, 0.2) is 12.3 Å². The van der Waals surface area contributed by atoms with E-state index in [0.717, 1.165) is 74.5 Å². The highest BCUT2D eigenvalue weighted by atomic mass is 32.2. The molecule has 5 atom stereocenters. The van der Waals surface area contributed by atoms with Crippen molar-refractivity contribution in [1.82, 2.24) is 10.3 Å². The Kier molecular flexibility index (Phi) is 7.67. The van der Waals surface area contributed by atoms with Crippen LogP contribution in [-0.4, -0.2) is 46.2 Å². The van der Waals surface area contributed by atoms with Gasteiger partial charge in [0.2, 0.25) is 11.8 Å². The van der Waals surface area contributed by atoms with E-state index in [1.807, 2.05) is 11.8 Å². The van der Waals surface area contributed by atoms with Crippen LogP contribution >= 0.6 is 11.8 Å². The number of Topliss-reactive ketones (excluding diaryl/α,β-unsaturated/α-hetero) is 1. The topological polar surface area (TPSA) is 79.4 Å². The Balaban J connectivity index is 0.978. The number of ketones is 1. The third-order valence-electron chi connectivity index (χ3n) is 12.3. The maximum Gasteiger partial charge on any atom is 0.231 e. The van der Waals surface area contributed by atoms with Crippen molar-refractivity contribution in [1.29, 1.82) is 0 Å². The molecule has 4 bridgehead atoms. The number of thioether (sulfide) groups is 1. The zero-order valence-corrected chi connectivity index (χ0v) is 25.9. The van der Waals surface area contributed by atoms with E-state index in [-0.39, 0.29) is 53.5 Å². The summed E-state index contributed by atoms with van der Waals surface area (Å²) in [6.07, 6.45) is 15.6. The lowest BCUT2D eigenvalue weighted by molar-refractivity contribution is -0.126. The second-order valence-corrected chi connectivity index (χ2v) is 16.3. The third-order valence-corrected chi connectivity index (χ3v) is 13.3. The largest absolute Gasteiger partial charge is 0.353 e. The van der Waals surface area contributed by atoms with E-state index in [4.69, 9.17) is 0 Å². The third kappa shape index (κ3) is 5.32. The lowest BCUT2D eigenvalue weighted by atomic mass is 9.65. The fourth-order valence-electron chi connectivity index (χ4n) is 10.5. The predicted molar refractivity (Wildman–Crippen MR) is 163 cm³/mol. The molecule has 0 aromatic carbocycles. The van der Waals surface area contributed by atoms with Crippen molar-refractivity contribution in [3.63, 3.8) is 0 Å². The van der Waals surface area contributed by atoms with Crippen molar-refractivity contribution >= 4 is 35.2 Å². The molecular weight excluding hydrogens is 549 g/mol. The summed E-state index contributed by atoms with van der Waals surface area (Å²) < 4.78 is 14.1. The molecule has 8 heteroatoms. The van der Waals surface area contributed by atoms with E-state index in [9.17, 15) is 18.8 Å². The molecule has 2 amide bonds. The molecule has 0 radical (unpaired) electrons. The van der Waals surface area contributed by atoms with Crippen LogP contribution in [-0.2, 0) is 9.59 Å². The van der Waals surface area contributed by atoms with Crippen molar-refractivity contribution in [3.8, 4) is 0 Å². The summed E-state index contributed by atoms with van der Waals surface area (Å²) in [6.45, 7) is 2.50. The van der Waals surface area contributed by atoms with Gasteiger partial charge in [-0.3, -0.25) is 19.3 Å². The van der Waals surface area contributed by atoms with Crippen molar-refractivity contribution in [2.24, 2.45) is 34.5 Å². The van der Waals surface area contributed by atoms with Gasteiger partial charge in [0.05, 0.1) is 11.8 Å². The second kappa shape index (κ2) is 11.2. The average Bonchev–Trinajstić information content (AvgIpc) is 3.32. The van der Waals surface area contributed by atoms with Gasteiger partial charge in [-0.2, -0.15) is 11.8 Å². The number of anilines is 1. The summed E-state index contributed by atoms with van der Waals surface area (Å²) in [5.74, 6) is 3.61. The molecule has 7 aliphatic rings. The van der Waals surface area contributed by atoms with Gasteiger partial charge >= 0.3 is 0 Å². The van der Waals surface area contributed by atoms with Gasteiger partial charge in [-0.15, -0.1) is 0 Å². The summed E-state index contributed by atoms with van der Waals surface area (Å²) in [5, 5.41) is 3.35. The summed E-state index contributed by atoms with van der Waals surface area (Å²) in [5.41, 5.74) is 1.20. The second-order valence-electron chi connectivity index (χ2n) is 15.1. The minimum absolute atomic E-state index is 0.00764. The van der Waals surface area contributed by atoms with Gasteiger partial charge in [0.1, 0.15) is 11.6 Å². The fourth-order valence-corrected chi connectivity index (χ4v) is 11.6. The van der Waals surface area contributed by atoms with Gasteiger partial charge in [-0.25, -0.2) is 9.37 Å². The minimum atomic E-state index is -0.539. The Morgan fingerprint density at radius 2 is 1.88 bits per heavy atom. The average molecular weight is 596 g/mol. The minimum Gasteiger partial charge on any atom is -0.353 e. The molecule has 228 valence electrons. The molecule has 0 spiro atoms. The van der Waals surface area contributed by atoms with Gasteiger partial charge in [-0.1, -0.05) is 6.92 Å². The highest BCUT2D eigenvalue weighted by molar-refractivity contribution is 7.99. The number of amides is 2. The van der Waals surface area contributed by atoms with Gasteiger partial charge in [0.25, 0.3) is 0 Å². The number of rotatable bonds is 6.